The maximum Gasteiger partial charge on any atom is 0.00793 e. The molecule has 2 fully saturated rings. The SMILES string of the molecule is CCC1(CNCCNC2CC2)CC1. The molecule has 2 nitrogen and oxygen atoms in total. The normalized spacial score (nSPS) is 24.7. The van der Waals surface area contributed by atoms with Crippen molar-refractivity contribution < 1.29 is 0 Å². The van der Waals surface area contributed by atoms with Crippen molar-refractivity contribution in [1.82, 2.24) is 10.6 Å². The van der Waals surface area contributed by atoms with Gasteiger partial charge in [0.15, 0.2) is 0 Å². The first-order valence-corrected chi connectivity index (χ1v) is 5.79. The Hall–Kier alpha value is -0.0800. The molecule has 0 radical (unpaired) electrons. The Morgan fingerprint density at radius 2 is 2.00 bits per heavy atom. The average Bonchev–Trinajstić information content (AvgIpc) is 3.00. The summed E-state index contributed by atoms with van der Waals surface area (Å²) in [5, 5.41) is 7.08. The minimum absolute atomic E-state index is 0.708. The summed E-state index contributed by atoms with van der Waals surface area (Å²) in [4.78, 5) is 0. The van der Waals surface area contributed by atoms with Crippen molar-refractivity contribution in [2.24, 2.45) is 5.41 Å². The van der Waals surface area contributed by atoms with Gasteiger partial charge in [-0.2, -0.15) is 0 Å². The van der Waals surface area contributed by atoms with Gasteiger partial charge in [0.05, 0.1) is 0 Å². The van der Waals surface area contributed by atoms with E-state index < -0.39 is 0 Å². The minimum Gasteiger partial charge on any atom is -0.315 e. The Labute approximate surface area is 81.5 Å². The third kappa shape index (κ3) is 2.96. The van der Waals surface area contributed by atoms with Gasteiger partial charge < -0.3 is 10.6 Å². The van der Waals surface area contributed by atoms with Gasteiger partial charge in [-0.1, -0.05) is 6.92 Å². The molecule has 0 unspecified atom stereocenters. The zero-order chi connectivity index (χ0) is 9.15. The van der Waals surface area contributed by atoms with Crippen molar-refractivity contribution in [3.8, 4) is 0 Å². The molecule has 2 rings (SSSR count). The maximum absolute atomic E-state index is 3.56. The van der Waals surface area contributed by atoms with Crippen LogP contribution >= 0.6 is 0 Å². The van der Waals surface area contributed by atoms with Gasteiger partial charge in [-0.3, -0.25) is 0 Å². The lowest BCUT2D eigenvalue weighted by molar-refractivity contribution is 0.441. The molecule has 0 aromatic heterocycles. The van der Waals surface area contributed by atoms with Gasteiger partial charge in [-0.15, -0.1) is 0 Å². The van der Waals surface area contributed by atoms with E-state index in [9.17, 15) is 0 Å². The zero-order valence-corrected chi connectivity index (χ0v) is 8.73. The van der Waals surface area contributed by atoms with Crippen LogP contribution in [0.1, 0.15) is 39.0 Å². The smallest absolute Gasteiger partial charge is 0.00793 e. The molecule has 0 aromatic carbocycles. The van der Waals surface area contributed by atoms with Crippen LogP contribution in [-0.2, 0) is 0 Å². The van der Waals surface area contributed by atoms with Gasteiger partial charge in [0.1, 0.15) is 0 Å². The van der Waals surface area contributed by atoms with Crippen molar-refractivity contribution in [3.05, 3.63) is 0 Å². The first kappa shape index (κ1) is 9.47. The van der Waals surface area contributed by atoms with Crippen molar-refractivity contribution in [2.45, 2.75) is 45.1 Å². The molecule has 0 heterocycles. The van der Waals surface area contributed by atoms with Crippen LogP contribution in [0.15, 0.2) is 0 Å². The Kier molecular flexibility index (Phi) is 2.89. The highest BCUT2D eigenvalue weighted by molar-refractivity contribution is 4.93. The molecule has 2 aliphatic carbocycles. The van der Waals surface area contributed by atoms with Crippen LogP contribution < -0.4 is 10.6 Å². The highest BCUT2D eigenvalue weighted by Gasteiger charge is 2.39. The first-order valence-electron chi connectivity index (χ1n) is 5.79. The minimum atomic E-state index is 0.708. The molecule has 13 heavy (non-hydrogen) atoms. The quantitative estimate of drug-likeness (QED) is 0.583. The Balaban J connectivity index is 1.44. The van der Waals surface area contributed by atoms with E-state index in [1.165, 1.54) is 38.6 Å². The van der Waals surface area contributed by atoms with Gasteiger partial charge >= 0.3 is 0 Å². The Morgan fingerprint density at radius 1 is 1.23 bits per heavy atom. The molecule has 76 valence electrons. The molecule has 2 aliphatic rings. The predicted molar refractivity (Wildman–Crippen MR) is 55.9 cm³/mol. The van der Waals surface area contributed by atoms with Gasteiger partial charge in [0.25, 0.3) is 0 Å². The Bertz CT molecular complexity index is 159. The van der Waals surface area contributed by atoms with Gasteiger partial charge in [-0.05, 0) is 37.5 Å². The summed E-state index contributed by atoms with van der Waals surface area (Å²) in [6.45, 7) is 5.87. The zero-order valence-electron chi connectivity index (χ0n) is 8.73. The van der Waals surface area contributed by atoms with Crippen LogP contribution in [0.4, 0.5) is 0 Å². The largest absolute Gasteiger partial charge is 0.315 e. The molecular formula is C11H22N2. The van der Waals surface area contributed by atoms with Crippen molar-refractivity contribution >= 4 is 0 Å². The molecule has 0 bridgehead atoms. The molecule has 0 atom stereocenters. The second kappa shape index (κ2) is 3.97. The standard InChI is InChI=1S/C11H22N2/c1-2-11(5-6-11)9-12-7-8-13-10-3-4-10/h10,12-13H,2-9H2,1H3. The molecule has 0 spiro atoms. The first-order chi connectivity index (χ1) is 6.35. The second-order valence-corrected chi connectivity index (χ2v) is 4.76. The summed E-state index contributed by atoms with van der Waals surface area (Å²) in [5.74, 6) is 0. The van der Waals surface area contributed by atoms with E-state index >= 15 is 0 Å². The fourth-order valence-corrected chi connectivity index (χ4v) is 1.84. The summed E-state index contributed by atoms with van der Waals surface area (Å²) in [6.07, 6.45) is 7.06. The van der Waals surface area contributed by atoms with Crippen molar-refractivity contribution in [2.75, 3.05) is 19.6 Å². The summed E-state index contributed by atoms with van der Waals surface area (Å²) in [7, 11) is 0. The summed E-state index contributed by atoms with van der Waals surface area (Å²) >= 11 is 0. The highest BCUT2D eigenvalue weighted by atomic mass is 15.0. The lowest BCUT2D eigenvalue weighted by Crippen LogP contribution is -2.32. The number of rotatable bonds is 7. The van der Waals surface area contributed by atoms with Gasteiger partial charge in [0, 0.05) is 25.7 Å². The molecule has 0 aliphatic heterocycles. The number of hydrogen-bond acceptors (Lipinski definition) is 2. The molecule has 2 saturated carbocycles. The highest BCUT2D eigenvalue weighted by Crippen LogP contribution is 2.47. The van der Waals surface area contributed by atoms with Crippen LogP contribution in [0.2, 0.25) is 0 Å². The fourth-order valence-electron chi connectivity index (χ4n) is 1.84. The third-order valence-corrected chi connectivity index (χ3v) is 3.52. The number of nitrogens with one attached hydrogen (secondary N) is 2. The van der Waals surface area contributed by atoms with Crippen molar-refractivity contribution in [3.63, 3.8) is 0 Å². The lowest BCUT2D eigenvalue weighted by Gasteiger charge is -2.13. The van der Waals surface area contributed by atoms with Gasteiger partial charge in [0.2, 0.25) is 0 Å². The molecular weight excluding hydrogens is 160 g/mol. The van der Waals surface area contributed by atoms with E-state index in [2.05, 4.69) is 17.6 Å². The average molecular weight is 182 g/mol. The molecule has 0 aromatic rings. The molecule has 2 N–H and O–H groups in total. The summed E-state index contributed by atoms with van der Waals surface area (Å²) in [6, 6.07) is 0.864. The summed E-state index contributed by atoms with van der Waals surface area (Å²) in [5.41, 5.74) is 0.708. The topological polar surface area (TPSA) is 24.1 Å². The van der Waals surface area contributed by atoms with Crippen LogP contribution in [-0.4, -0.2) is 25.7 Å². The monoisotopic (exact) mass is 182 g/mol. The van der Waals surface area contributed by atoms with Gasteiger partial charge in [-0.25, -0.2) is 0 Å². The number of hydrogen-bond donors (Lipinski definition) is 2. The fraction of sp³-hybridized carbons (Fsp3) is 1.00. The van der Waals surface area contributed by atoms with Crippen LogP contribution in [0.5, 0.6) is 0 Å². The molecule has 0 saturated heterocycles. The lowest BCUT2D eigenvalue weighted by atomic mass is 10.0. The second-order valence-electron chi connectivity index (χ2n) is 4.76. The third-order valence-electron chi connectivity index (χ3n) is 3.52. The van der Waals surface area contributed by atoms with E-state index in [1.54, 1.807) is 0 Å². The predicted octanol–water partition coefficient (Wildman–Crippen LogP) is 1.52. The molecule has 0 amide bonds. The van der Waals surface area contributed by atoms with Crippen molar-refractivity contribution in [1.29, 1.82) is 0 Å². The van der Waals surface area contributed by atoms with E-state index in [-0.39, 0.29) is 0 Å². The maximum atomic E-state index is 3.56. The van der Waals surface area contributed by atoms with Crippen LogP contribution in [0.3, 0.4) is 0 Å². The molecule has 2 heteroatoms. The van der Waals surface area contributed by atoms with E-state index in [1.807, 2.05) is 0 Å². The van der Waals surface area contributed by atoms with Crippen LogP contribution in [0, 0.1) is 5.41 Å². The van der Waals surface area contributed by atoms with Crippen LogP contribution in [0.25, 0.3) is 0 Å². The van der Waals surface area contributed by atoms with E-state index in [4.69, 9.17) is 0 Å². The summed E-state index contributed by atoms with van der Waals surface area (Å²) < 4.78 is 0. The van der Waals surface area contributed by atoms with E-state index in [0.717, 1.165) is 19.1 Å². The van der Waals surface area contributed by atoms with E-state index in [0.29, 0.717) is 5.41 Å². The Morgan fingerprint density at radius 3 is 2.54 bits per heavy atom.